The molecule has 0 bridgehead atoms. The number of nitrogens with zero attached hydrogens (tertiary/aromatic N) is 2. The minimum atomic E-state index is -3.60. The summed E-state index contributed by atoms with van der Waals surface area (Å²) in [7, 11) is -3.60. The van der Waals surface area contributed by atoms with Crippen molar-refractivity contribution in [3.8, 4) is 12.3 Å². The molecule has 6 heteroatoms. The first kappa shape index (κ1) is 16.0. The summed E-state index contributed by atoms with van der Waals surface area (Å²) in [6, 6.07) is 3.97. The zero-order valence-electron chi connectivity index (χ0n) is 12.2. The third kappa shape index (κ3) is 4.27. The molecule has 0 aliphatic heterocycles. The highest BCUT2D eigenvalue weighted by Crippen LogP contribution is 2.19. The van der Waals surface area contributed by atoms with Gasteiger partial charge >= 0.3 is 0 Å². The standard InChI is InChI=1S/C15H21N3O2S/c1-3-9-18(10-4-2)21(19,20)15-8-5-13(12-17-15)11-16-14-6-7-14/h1,5,8,12,14,16H,4,6-7,9-11H2,2H3. The lowest BCUT2D eigenvalue weighted by atomic mass is 10.3. The molecule has 1 heterocycles. The third-order valence-corrected chi connectivity index (χ3v) is 5.08. The maximum Gasteiger partial charge on any atom is 0.261 e. The Balaban J connectivity index is 2.09. The van der Waals surface area contributed by atoms with Crippen molar-refractivity contribution >= 4 is 10.0 Å². The number of aromatic nitrogens is 1. The average molecular weight is 307 g/mol. The van der Waals surface area contributed by atoms with Gasteiger partial charge in [-0.15, -0.1) is 6.42 Å². The lowest BCUT2D eigenvalue weighted by Crippen LogP contribution is -2.32. The zero-order valence-corrected chi connectivity index (χ0v) is 13.1. The second-order valence-electron chi connectivity index (χ2n) is 5.20. The molecule has 1 aliphatic rings. The largest absolute Gasteiger partial charge is 0.310 e. The van der Waals surface area contributed by atoms with Gasteiger partial charge in [0, 0.05) is 25.3 Å². The molecule has 114 valence electrons. The SMILES string of the molecule is C#CCN(CCC)S(=O)(=O)c1ccc(CNC2CC2)cn1. The van der Waals surface area contributed by atoms with Crippen LogP contribution in [0.15, 0.2) is 23.4 Å². The molecular formula is C15H21N3O2S. The molecule has 1 saturated carbocycles. The predicted octanol–water partition coefficient (Wildman–Crippen LogP) is 1.37. The molecular weight excluding hydrogens is 286 g/mol. The van der Waals surface area contributed by atoms with Crippen molar-refractivity contribution in [3.05, 3.63) is 23.9 Å². The first-order valence-electron chi connectivity index (χ1n) is 7.20. The molecule has 1 fully saturated rings. The number of sulfonamides is 1. The Morgan fingerprint density at radius 1 is 1.48 bits per heavy atom. The van der Waals surface area contributed by atoms with Crippen LogP contribution in [-0.2, 0) is 16.6 Å². The van der Waals surface area contributed by atoms with Crippen LogP contribution >= 0.6 is 0 Å². The van der Waals surface area contributed by atoms with Crippen molar-refractivity contribution in [1.29, 1.82) is 0 Å². The van der Waals surface area contributed by atoms with Crippen LogP contribution in [-0.4, -0.2) is 36.8 Å². The van der Waals surface area contributed by atoms with Crippen molar-refractivity contribution in [3.63, 3.8) is 0 Å². The second-order valence-corrected chi connectivity index (χ2v) is 7.09. The number of rotatable bonds is 8. The van der Waals surface area contributed by atoms with E-state index in [1.165, 1.54) is 17.1 Å². The molecule has 1 aliphatic carbocycles. The number of hydrogen-bond donors (Lipinski definition) is 1. The molecule has 0 radical (unpaired) electrons. The Morgan fingerprint density at radius 3 is 2.76 bits per heavy atom. The Labute approximate surface area is 126 Å². The minimum absolute atomic E-state index is 0.0568. The lowest BCUT2D eigenvalue weighted by Gasteiger charge is -2.18. The minimum Gasteiger partial charge on any atom is -0.310 e. The van der Waals surface area contributed by atoms with E-state index in [-0.39, 0.29) is 11.6 Å². The van der Waals surface area contributed by atoms with Crippen molar-refractivity contribution in [2.45, 2.75) is 43.8 Å². The van der Waals surface area contributed by atoms with E-state index in [1.54, 1.807) is 18.3 Å². The molecule has 21 heavy (non-hydrogen) atoms. The van der Waals surface area contributed by atoms with E-state index in [0.29, 0.717) is 19.0 Å². The Kier molecular flexibility index (Phi) is 5.34. The van der Waals surface area contributed by atoms with Crippen LogP contribution in [0.25, 0.3) is 0 Å². The summed E-state index contributed by atoms with van der Waals surface area (Å²) < 4.78 is 26.2. The molecule has 1 aromatic rings. The Hall–Kier alpha value is -1.42. The van der Waals surface area contributed by atoms with Crippen LogP contribution in [0.4, 0.5) is 0 Å². The molecule has 2 rings (SSSR count). The fourth-order valence-corrected chi connectivity index (χ4v) is 3.34. The first-order valence-corrected chi connectivity index (χ1v) is 8.64. The number of terminal acetylenes is 1. The summed E-state index contributed by atoms with van der Waals surface area (Å²) in [5, 5.41) is 3.42. The van der Waals surface area contributed by atoms with Gasteiger partial charge in [0.1, 0.15) is 0 Å². The van der Waals surface area contributed by atoms with E-state index in [2.05, 4.69) is 16.2 Å². The fraction of sp³-hybridized carbons (Fsp3) is 0.533. The maximum absolute atomic E-state index is 12.5. The molecule has 1 aromatic heterocycles. The van der Waals surface area contributed by atoms with E-state index < -0.39 is 10.0 Å². The van der Waals surface area contributed by atoms with Crippen molar-refractivity contribution in [1.82, 2.24) is 14.6 Å². The number of hydrogen-bond acceptors (Lipinski definition) is 4. The van der Waals surface area contributed by atoms with Gasteiger partial charge in [-0.2, -0.15) is 4.31 Å². The lowest BCUT2D eigenvalue weighted by molar-refractivity contribution is 0.443. The van der Waals surface area contributed by atoms with E-state index in [0.717, 1.165) is 12.1 Å². The van der Waals surface area contributed by atoms with Crippen molar-refractivity contribution in [2.24, 2.45) is 0 Å². The van der Waals surface area contributed by atoms with Crippen molar-refractivity contribution in [2.75, 3.05) is 13.1 Å². The van der Waals surface area contributed by atoms with Gasteiger partial charge in [-0.1, -0.05) is 18.9 Å². The van der Waals surface area contributed by atoms with Gasteiger partial charge in [-0.3, -0.25) is 0 Å². The summed E-state index contributed by atoms with van der Waals surface area (Å²) in [5.74, 6) is 2.39. The third-order valence-electron chi connectivity index (χ3n) is 3.31. The molecule has 0 amide bonds. The molecule has 5 nitrogen and oxygen atoms in total. The van der Waals surface area contributed by atoms with Crippen LogP contribution in [0.5, 0.6) is 0 Å². The predicted molar refractivity (Wildman–Crippen MR) is 82.0 cm³/mol. The smallest absolute Gasteiger partial charge is 0.261 e. The molecule has 0 saturated heterocycles. The summed E-state index contributed by atoms with van der Waals surface area (Å²) >= 11 is 0. The zero-order chi connectivity index (χ0) is 15.3. The highest BCUT2D eigenvalue weighted by molar-refractivity contribution is 7.89. The summed E-state index contributed by atoms with van der Waals surface area (Å²) in [4.78, 5) is 4.10. The Bertz CT molecular complexity index is 601. The highest BCUT2D eigenvalue weighted by atomic mass is 32.2. The van der Waals surface area contributed by atoms with Gasteiger partial charge in [0.05, 0.1) is 6.54 Å². The maximum atomic E-state index is 12.5. The molecule has 0 aromatic carbocycles. The summed E-state index contributed by atoms with van der Waals surface area (Å²) in [6.45, 7) is 3.11. The van der Waals surface area contributed by atoms with Crippen LogP contribution < -0.4 is 5.32 Å². The first-order chi connectivity index (χ1) is 10.1. The molecule has 0 unspecified atom stereocenters. The topological polar surface area (TPSA) is 62.3 Å². The van der Waals surface area contributed by atoms with E-state index in [4.69, 9.17) is 6.42 Å². The molecule has 0 atom stereocenters. The summed E-state index contributed by atoms with van der Waals surface area (Å²) in [5.41, 5.74) is 0.986. The van der Waals surface area contributed by atoms with Gasteiger partial charge in [0.25, 0.3) is 10.0 Å². The highest BCUT2D eigenvalue weighted by Gasteiger charge is 2.24. The van der Waals surface area contributed by atoms with E-state index >= 15 is 0 Å². The molecule has 0 spiro atoms. The van der Waals surface area contributed by atoms with Crippen LogP contribution in [0.1, 0.15) is 31.7 Å². The van der Waals surface area contributed by atoms with Gasteiger partial charge in [0.2, 0.25) is 0 Å². The van der Waals surface area contributed by atoms with Gasteiger partial charge < -0.3 is 5.32 Å². The monoisotopic (exact) mass is 307 g/mol. The normalized spacial score (nSPS) is 15.1. The summed E-state index contributed by atoms with van der Waals surface area (Å²) in [6.07, 6.45) is 10.0. The van der Waals surface area contributed by atoms with Crippen LogP contribution in [0.2, 0.25) is 0 Å². The van der Waals surface area contributed by atoms with Crippen LogP contribution in [0, 0.1) is 12.3 Å². The van der Waals surface area contributed by atoms with Crippen LogP contribution in [0.3, 0.4) is 0 Å². The fourth-order valence-electron chi connectivity index (χ4n) is 1.99. The second kappa shape index (κ2) is 7.03. The van der Waals surface area contributed by atoms with Gasteiger partial charge in [-0.05, 0) is 30.9 Å². The number of pyridine rings is 1. The average Bonchev–Trinajstić information content (AvgIpc) is 3.29. The van der Waals surface area contributed by atoms with E-state index in [1.807, 2.05) is 6.92 Å². The van der Waals surface area contributed by atoms with Crippen molar-refractivity contribution < 1.29 is 8.42 Å². The van der Waals surface area contributed by atoms with E-state index in [9.17, 15) is 8.42 Å². The quantitative estimate of drug-likeness (QED) is 0.737. The Morgan fingerprint density at radius 2 is 2.24 bits per heavy atom. The van der Waals surface area contributed by atoms with Gasteiger partial charge in [-0.25, -0.2) is 13.4 Å². The number of nitrogens with one attached hydrogen (secondary N) is 1. The molecule has 1 N–H and O–H groups in total. The van der Waals surface area contributed by atoms with Gasteiger partial charge in [0.15, 0.2) is 5.03 Å².